The molecule has 0 bridgehead atoms. The van der Waals surface area contributed by atoms with Crippen LogP contribution < -0.4 is 0 Å². The van der Waals surface area contributed by atoms with E-state index in [1.165, 1.54) is 23.3 Å². The van der Waals surface area contributed by atoms with Crippen LogP contribution in [0.5, 0.6) is 0 Å². The first-order chi connectivity index (χ1) is 9.13. The van der Waals surface area contributed by atoms with E-state index in [4.69, 9.17) is 0 Å². The summed E-state index contributed by atoms with van der Waals surface area (Å²) in [5, 5.41) is 10.2. The summed E-state index contributed by atoms with van der Waals surface area (Å²) in [7, 11) is 0. The predicted octanol–water partition coefficient (Wildman–Crippen LogP) is 4.35. The summed E-state index contributed by atoms with van der Waals surface area (Å²) in [5.41, 5.74) is 3.31. The molecule has 0 heterocycles. The van der Waals surface area contributed by atoms with Crippen LogP contribution in [0.15, 0.2) is 46.9 Å². The van der Waals surface area contributed by atoms with Crippen molar-refractivity contribution < 1.29 is 9.50 Å². The number of hydrogen-bond acceptors (Lipinski definition) is 1. The van der Waals surface area contributed by atoms with Crippen molar-refractivity contribution in [2.24, 2.45) is 0 Å². The van der Waals surface area contributed by atoms with Crippen LogP contribution in [-0.2, 0) is 6.42 Å². The van der Waals surface area contributed by atoms with Gasteiger partial charge in [-0.25, -0.2) is 4.39 Å². The van der Waals surface area contributed by atoms with Crippen LogP contribution in [0, 0.1) is 5.82 Å². The van der Waals surface area contributed by atoms with Gasteiger partial charge in [0.05, 0.1) is 6.10 Å². The Morgan fingerprint density at radius 3 is 2.79 bits per heavy atom. The molecule has 0 fully saturated rings. The minimum atomic E-state index is -0.620. The number of benzene rings is 2. The van der Waals surface area contributed by atoms with Crippen LogP contribution in [0.4, 0.5) is 4.39 Å². The molecule has 3 heteroatoms. The van der Waals surface area contributed by atoms with E-state index >= 15 is 0 Å². The lowest BCUT2D eigenvalue weighted by atomic mass is 9.74. The second-order valence-corrected chi connectivity index (χ2v) is 5.97. The Labute approximate surface area is 120 Å². The molecule has 1 aliphatic carbocycles. The average molecular weight is 321 g/mol. The highest BCUT2D eigenvalue weighted by Gasteiger charge is 2.28. The zero-order valence-corrected chi connectivity index (χ0v) is 11.9. The quantitative estimate of drug-likeness (QED) is 0.891. The Balaban J connectivity index is 1.74. The Bertz CT molecular complexity index is 591. The van der Waals surface area contributed by atoms with E-state index in [0.717, 1.165) is 6.42 Å². The molecule has 2 aromatic rings. The van der Waals surface area contributed by atoms with Crippen molar-refractivity contribution in [2.45, 2.75) is 24.9 Å². The number of aliphatic hydroxyl groups is 1. The summed E-state index contributed by atoms with van der Waals surface area (Å²) >= 11 is 3.25. The minimum absolute atomic E-state index is 0.322. The third-order valence-electron chi connectivity index (χ3n) is 3.74. The highest BCUT2D eigenvalue weighted by Crippen LogP contribution is 2.40. The Hall–Kier alpha value is -1.19. The van der Waals surface area contributed by atoms with Crippen LogP contribution in [-0.4, -0.2) is 5.11 Å². The van der Waals surface area contributed by atoms with Gasteiger partial charge < -0.3 is 5.11 Å². The fourth-order valence-corrected chi connectivity index (χ4v) is 3.23. The molecule has 2 atom stereocenters. The standard InChI is InChI=1S/C16H14BrFO/c17-13-6-12(7-14(18)9-13)16(19)8-11-5-10-3-1-2-4-15(10)11/h1-4,6-7,9,11,16,19H,5,8H2. The monoisotopic (exact) mass is 320 g/mol. The third-order valence-corrected chi connectivity index (χ3v) is 4.20. The second-order valence-electron chi connectivity index (χ2n) is 5.05. The van der Waals surface area contributed by atoms with Gasteiger partial charge in [0.25, 0.3) is 0 Å². The van der Waals surface area contributed by atoms with Gasteiger partial charge in [0.2, 0.25) is 0 Å². The normalized spacial score (nSPS) is 18.6. The molecule has 98 valence electrons. The van der Waals surface area contributed by atoms with Crippen molar-refractivity contribution in [1.82, 2.24) is 0 Å². The molecular weight excluding hydrogens is 307 g/mol. The first-order valence-electron chi connectivity index (χ1n) is 6.35. The van der Waals surface area contributed by atoms with Gasteiger partial charge in [-0.2, -0.15) is 0 Å². The van der Waals surface area contributed by atoms with E-state index < -0.39 is 6.10 Å². The Kier molecular flexibility index (Phi) is 3.42. The zero-order valence-electron chi connectivity index (χ0n) is 10.3. The topological polar surface area (TPSA) is 20.2 Å². The number of rotatable bonds is 3. The average Bonchev–Trinajstić information content (AvgIpc) is 2.34. The van der Waals surface area contributed by atoms with Crippen molar-refractivity contribution in [3.8, 4) is 0 Å². The van der Waals surface area contributed by atoms with E-state index in [-0.39, 0.29) is 5.82 Å². The molecule has 2 aromatic carbocycles. The molecule has 19 heavy (non-hydrogen) atoms. The van der Waals surface area contributed by atoms with Gasteiger partial charge in [0, 0.05) is 4.47 Å². The number of hydrogen-bond donors (Lipinski definition) is 1. The van der Waals surface area contributed by atoms with Crippen molar-refractivity contribution >= 4 is 15.9 Å². The molecule has 0 radical (unpaired) electrons. The molecule has 0 aromatic heterocycles. The summed E-state index contributed by atoms with van der Waals surface area (Å²) in [6.07, 6.45) is 1.03. The summed E-state index contributed by atoms with van der Waals surface area (Å²) in [6, 6.07) is 12.9. The Morgan fingerprint density at radius 2 is 2.05 bits per heavy atom. The van der Waals surface area contributed by atoms with Crippen molar-refractivity contribution in [3.63, 3.8) is 0 Å². The largest absolute Gasteiger partial charge is 0.388 e. The number of aliphatic hydroxyl groups excluding tert-OH is 1. The lowest BCUT2D eigenvalue weighted by Gasteiger charge is -2.31. The first-order valence-corrected chi connectivity index (χ1v) is 7.14. The van der Waals surface area contributed by atoms with Crippen molar-refractivity contribution in [1.29, 1.82) is 0 Å². The minimum Gasteiger partial charge on any atom is -0.388 e. The zero-order chi connectivity index (χ0) is 13.4. The molecular formula is C16H14BrFO. The molecule has 1 nitrogen and oxygen atoms in total. The molecule has 1 N–H and O–H groups in total. The van der Waals surface area contributed by atoms with Crippen LogP contribution in [0.25, 0.3) is 0 Å². The second kappa shape index (κ2) is 5.06. The summed E-state index contributed by atoms with van der Waals surface area (Å²) in [4.78, 5) is 0. The molecule has 0 spiro atoms. The predicted molar refractivity (Wildman–Crippen MR) is 76.6 cm³/mol. The SMILES string of the molecule is OC(CC1Cc2ccccc21)c1cc(F)cc(Br)c1. The smallest absolute Gasteiger partial charge is 0.124 e. The lowest BCUT2D eigenvalue weighted by molar-refractivity contribution is 0.153. The summed E-state index contributed by atoms with van der Waals surface area (Å²) in [5.74, 6) is 0.0608. The van der Waals surface area contributed by atoms with Crippen LogP contribution >= 0.6 is 15.9 Å². The van der Waals surface area contributed by atoms with E-state index in [1.54, 1.807) is 6.07 Å². The van der Waals surface area contributed by atoms with E-state index in [0.29, 0.717) is 22.4 Å². The maximum atomic E-state index is 13.3. The molecule has 0 saturated heterocycles. The molecule has 3 rings (SSSR count). The van der Waals surface area contributed by atoms with Crippen LogP contribution in [0.2, 0.25) is 0 Å². The fraction of sp³-hybridized carbons (Fsp3) is 0.250. The van der Waals surface area contributed by atoms with Gasteiger partial charge in [-0.1, -0.05) is 40.2 Å². The highest BCUT2D eigenvalue weighted by molar-refractivity contribution is 9.10. The van der Waals surface area contributed by atoms with Crippen molar-refractivity contribution in [3.05, 3.63) is 69.4 Å². The fourth-order valence-electron chi connectivity index (χ4n) is 2.75. The summed E-state index contributed by atoms with van der Waals surface area (Å²) < 4.78 is 14.0. The first kappa shape index (κ1) is 12.8. The van der Waals surface area contributed by atoms with Gasteiger partial charge in [-0.3, -0.25) is 0 Å². The molecule has 0 amide bonds. The van der Waals surface area contributed by atoms with Crippen LogP contribution in [0.3, 0.4) is 0 Å². The Morgan fingerprint density at radius 1 is 1.26 bits per heavy atom. The molecule has 0 saturated carbocycles. The van der Waals surface area contributed by atoms with Crippen LogP contribution in [0.1, 0.15) is 35.1 Å². The molecule has 2 unspecified atom stereocenters. The van der Waals surface area contributed by atoms with Gasteiger partial charge in [0.15, 0.2) is 0 Å². The molecule has 1 aliphatic rings. The number of halogens is 2. The van der Waals surface area contributed by atoms with E-state index in [9.17, 15) is 9.50 Å². The maximum Gasteiger partial charge on any atom is 0.124 e. The van der Waals surface area contributed by atoms with Gasteiger partial charge in [-0.05, 0) is 53.6 Å². The summed E-state index contributed by atoms with van der Waals surface area (Å²) in [6.45, 7) is 0. The highest BCUT2D eigenvalue weighted by atomic mass is 79.9. The van der Waals surface area contributed by atoms with Gasteiger partial charge >= 0.3 is 0 Å². The number of fused-ring (bicyclic) bond motifs is 1. The molecule has 0 aliphatic heterocycles. The van der Waals surface area contributed by atoms with Crippen molar-refractivity contribution in [2.75, 3.05) is 0 Å². The third kappa shape index (κ3) is 2.58. The maximum absolute atomic E-state index is 13.3. The van der Waals surface area contributed by atoms with Gasteiger partial charge in [-0.15, -0.1) is 0 Å². The lowest BCUT2D eigenvalue weighted by Crippen LogP contribution is -2.19. The van der Waals surface area contributed by atoms with E-state index in [1.807, 2.05) is 12.1 Å². The van der Waals surface area contributed by atoms with Gasteiger partial charge in [0.1, 0.15) is 5.82 Å². The van der Waals surface area contributed by atoms with E-state index in [2.05, 4.69) is 28.1 Å².